The summed E-state index contributed by atoms with van der Waals surface area (Å²) in [6.07, 6.45) is -8.66. The highest BCUT2D eigenvalue weighted by atomic mass is 19.4. The molecule has 0 atom stereocenters. The molecule has 0 bridgehead atoms. The predicted octanol–water partition coefficient (Wildman–Crippen LogP) is 2.44. The minimum absolute atomic E-state index is 0.0709. The Hall–Kier alpha value is -1.93. The quantitative estimate of drug-likeness (QED) is 0.667. The third kappa shape index (κ3) is 3.26. The molecule has 0 spiro atoms. The van der Waals surface area contributed by atoms with E-state index in [4.69, 9.17) is 5.11 Å². The van der Waals surface area contributed by atoms with Gasteiger partial charge in [-0.3, -0.25) is 4.79 Å². The number of hydrogen-bond acceptors (Lipinski definition) is 4. The molecule has 0 aliphatic rings. The zero-order valence-electron chi connectivity index (χ0n) is 7.83. The zero-order chi connectivity index (χ0) is 13.2. The number of carbonyl (C=O) groups is 1. The van der Waals surface area contributed by atoms with Crippen LogP contribution in [0, 0.1) is 0 Å². The molecule has 94 valence electrons. The minimum atomic E-state index is -5.21. The van der Waals surface area contributed by atoms with Gasteiger partial charge in [0.15, 0.2) is 12.0 Å². The molecule has 0 amide bonds. The van der Waals surface area contributed by atoms with Crippen molar-refractivity contribution in [2.45, 2.75) is 12.8 Å². The van der Waals surface area contributed by atoms with Crippen LogP contribution in [0.1, 0.15) is 22.6 Å². The van der Waals surface area contributed by atoms with Crippen molar-refractivity contribution in [3.63, 3.8) is 0 Å². The Morgan fingerprint density at radius 2 is 2.00 bits per heavy atom. The lowest BCUT2D eigenvalue weighted by molar-refractivity contribution is -0.275. The van der Waals surface area contributed by atoms with Crippen molar-refractivity contribution in [1.29, 1.82) is 0 Å². The average molecular weight is 257 g/mol. The van der Waals surface area contributed by atoms with Gasteiger partial charge in [0.2, 0.25) is 0 Å². The van der Waals surface area contributed by atoms with Gasteiger partial charge >= 0.3 is 6.36 Å². The molecule has 9 heteroatoms. The predicted molar refractivity (Wildman–Crippen MR) is 42.9 cm³/mol. The van der Waals surface area contributed by atoms with E-state index in [-0.39, 0.29) is 12.4 Å². The van der Waals surface area contributed by atoms with Gasteiger partial charge in [-0.2, -0.15) is 0 Å². The molecule has 1 aromatic heterocycles. The highest BCUT2D eigenvalue weighted by Crippen LogP contribution is 2.34. The van der Waals surface area contributed by atoms with Crippen molar-refractivity contribution >= 4 is 6.29 Å². The summed E-state index contributed by atoms with van der Waals surface area (Å²) in [5, 5.41) is 9.01. The summed E-state index contributed by atoms with van der Waals surface area (Å²) >= 11 is 0. The lowest BCUT2D eigenvalue weighted by Gasteiger charge is -2.13. The summed E-state index contributed by atoms with van der Waals surface area (Å²) in [6.45, 7) is 0. The molecule has 1 heterocycles. The summed E-state index contributed by atoms with van der Waals surface area (Å²) in [5.74, 6) is -2.33. The van der Waals surface area contributed by atoms with Gasteiger partial charge in [0.05, 0.1) is 0 Å². The van der Waals surface area contributed by atoms with Gasteiger partial charge in [0, 0.05) is 6.07 Å². The minimum Gasteiger partial charge on any atom is -0.505 e. The number of hydrogen-bond donors (Lipinski definition) is 1. The van der Waals surface area contributed by atoms with E-state index in [1.807, 2.05) is 0 Å². The largest absolute Gasteiger partial charge is 0.573 e. The Morgan fingerprint density at radius 3 is 2.41 bits per heavy atom. The van der Waals surface area contributed by atoms with Crippen LogP contribution in [0.5, 0.6) is 11.5 Å². The molecule has 4 nitrogen and oxygen atoms in total. The molecule has 0 saturated heterocycles. The fourth-order valence-electron chi connectivity index (χ4n) is 0.964. The Kier molecular flexibility index (Phi) is 3.49. The third-order valence-corrected chi connectivity index (χ3v) is 1.57. The van der Waals surface area contributed by atoms with Crippen molar-refractivity contribution in [1.82, 2.24) is 4.98 Å². The standard InChI is InChI=1S/C8H4F5NO3/c9-7(10)6-5(17-8(11,12)13)1-4(16)3(2-15)14-6/h1-2,7,16H. The fourth-order valence-corrected chi connectivity index (χ4v) is 0.964. The Balaban J connectivity index is 3.28. The van der Waals surface area contributed by atoms with E-state index in [9.17, 15) is 26.7 Å². The van der Waals surface area contributed by atoms with E-state index in [0.29, 0.717) is 0 Å². The molecule has 0 aliphatic carbocycles. The first-order valence-corrected chi connectivity index (χ1v) is 3.97. The number of rotatable bonds is 3. The van der Waals surface area contributed by atoms with Crippen LogP contribution < -0.4 is 4.74 Å². The van der Waals surface area contributed by atoms with Crippen LogP contribution in [-0.2, 0) is 0 Å². The molecular weight excluding hydrogens is 253 g/mol. The molecule has 0 saturated carbocycles. The van der Waals surface area contributed by atoms with Crippen molar-refractivity contribution in [2.75, 3.05) is 0 Å². The monoisotopic (exact) mass is 257 g/mol. The first-order valence-electron chi connectivity index (χ1n) is 3.97. The van der Waals surface area contributed by atoms with E-state index < -0.39 is 35.7 Å². The van der Waals surface area contributed by atoms with E-state index in [1.165, 1.54) is 0 Å². The zero-order valence-corrected chi connectivity index (χ0v) is 7.83. The summed E-state index contributed by atoms with van der Waals surface area (Å²) in [6, 6.07) is 0.256. The molecule has 17 heavy (non-hydrogen) atoms. The van der Waals surface area contributed by atoms with E-state index in [0.717, 1.165) is 0 Å². The van der Waals surface area contributed by atoms with Crippen LogP contribution in [0.4, 0.5) is 22.0 Å². The van der Waals surface area contributed by atoms with E-state index >= 15 is 0 Å². The molecule has 0 aromatic carbocycles. The van der Waals surface area contributed by atoms with E-state index in [1.54, 1.807) is 0 Å². The van der Waals surface area contributed by atoms with Crippen LogP contribution >= 0.6 is 0 Å². The maximum absolute atomic E-state index is 12.3. The second-order valence-electron chi connectivity index (χ2n) is 2.74. The number of nitrogens with zero attached hydrogens (tertiary/aromatic N) is 1. The lowest BCUT2D eigenvalue weighted by Crippen LogP contribution is -2.19. The Morgan fingerprint density at radius 1 is 1.41 bits per heavy atom. The maximum Gasteiger partial charge on any atom is 0.573 e. The summed E-state index contributed by atoms with van der Waals surface area (Å²) in [7, 11) is 0. The number of halogens is 5. The van der Waals surface area contributed by atoms with Gasteiger partial charge < -0.3 is 9.84 Å². The Bertz CT molecular complexity index is 432. The molecule has 0 aliphatic heterocycles. The second kappa shape index (κ2) is 4.52. The molecule has 0 unspecified atom stereocenters. The highest BCUT2D eigenvalue weighted by molar-refractivity contribution is 5.76. The first-order chi connectivity index (χ1) is 7.74. The van der Waals surface area contributed by atoms with Crippen molar-refractivity contribution < 1.29 is 36.6 Å². The lowest BCUT2D eigenvalue weighted by atomic mass is 10.2. The molecule has 0 fully saturated rings. The molecular formula is C8H4F5NO3. The number of aromatic nitrogens is 1. The molecule has 0 radical (unpaired) electrons. The maximum atomic E-state index is 12.3. The van der Waals surface area contributed by atoms with Crippen LogP contribution in [0.3, 0.4) is 0 Å². The summed E-state index contributed by atoms with van der Waals surface area (Å²) in [5.41, 5.74) is -2.17. The van der Waals surface area contributed by atoms with Crippen LogP contribution in [0.2, 0.25) is 0 Å². The Labute approximate surface area is 90.6 Å². The van der Waals surface area contributed by atoms with Crippen LogP contribution in [-0.4, -0.2) is 22.7 Å². The van der Waals surface area contributed by atoms with Gasteiger partial charge in [-0.05, 0) is 0 Å². The van der Waals surface area contributed by atoms with Crippen molar-refractivity contribution in [3.05, 3.63) is 17.5 Å². The van der Waals surface area contributed by atoms with Crippen molar-refractivity contribution in [2.24, 2.45) is 0 Å². The molecule has 1 aromatic rings. The third-order valence-electron chi connectivity index (χ3n) is 1.57. The first kappa shape index (κ1) is 13.1. The van der Waals surface area contributed by atoms with Gasteiger partial charge in [-0.1, -0.05) is 0 Å². The summed E-state index contributed by atoms with van der Waals surface area (Å²) < 4.78 is 63.5. The van der Waals surface area contributed by atoms with Crippen LogP contribution in [0.25, 0.3) is 0 Å². The van der Waals surface area contributed by atoms with Gasteiger partial charge in [0.25, 0.3) is 6.43 Å². The number of ether oxygens (including phenoxy) is 1. The number of alkyl halides is 5. The highest BCUT2D eigenvalue weighted by Gasteiger charge is 2.34. The van der Waals surface area contributed by atoms with Crippen molar-refractivity contribution in [3.8, 4) is 11.5 Å². The SMILES string of the molecule is O=Cc1nc(C(F)F)c(OC(F)(F)F)cc1O. The topological polar surface area (TPSA) is 59.4 Å². The molecule has 1 N–H and O–H groups in total. The smallest absolute Gasteiger partial charge is 0.505 e. The summed E-state index contributed by atoms with van der Waals surface area (Å²) in [4.78, 5) is 13.1. The van der Waals surface area contributed by atoms with Gasteiger partial charge in [-0.15, -0.1) is 13.2 Å². The molecule has 1 rings (SSSR count). The normalized spacial score (nSPS) is 11.6. The number of aldehydes is 1. The van der Waals surface area contributed by atoms with Gasteiger partial charge in [0.1, 0.15) is 17.1 Å². The van der Waals surface area contributed by atoms with Crippen LogP contribution in [0.15, 0.2) is 6.07 Å². The average Bonchev–Trinajstić information content (AvgIpc) is 2.14. The number of aromatic hydroxyl groups is 1. The number of carbonyl (C=O) groups excluding carboxylic acids is 1. The fraction of sp³-hybridized carbons (Fsp3) is 0.250. The number of pyridine rings is 1. The van der Waals surface area contributed by atoms with Gasteiger partial charge in [-0.25, -0.2) is 13.8 Å². The van der Waals surface area contributed by atoms with E-state index in [2.05, 4.69) is 9.72 Å². The second-order valence-corrected chi connectivity index (χ2v) is 2.74.